The third kappa shape index (κ3) is 6.63. The summed E-state index contributed by atoms with van der Waals surface area (Å²) < 4.78 is 16.8. The molecule has 2 amide bonds. The number of esters is 1. The number of rotatable bonds is 7. The second kappa shape index (κ2) is 11.3. The normalized spacial score (nSPS) is 26.1. The molecular formula is C27H37N3O8. The lowest BCUT2D eigenvalue weighted by Crippen LogP contribution is -2.52. The predicted octanol–water partition coefficient (Wildman–Crippen LogP) is 1.68. The van der Waals surface area contributed by atoms with Gasteiger partial charge in [0.2, 0.25) is 5.91 Å². The molecule has 4 rings (SSSR count). The molecule has 0 saturated carbocycles. The van der Waals surface area contributed by atoms with E-state index in [-0.39, 0.29) is 24.5 Å². The molecule has 0 aliphatic carbocycles. The van der Waals surface area contributed by atoms with Gasteiger partial charge < -0.3 is 34.4 Å². The molecule has 3 aliphatic rings. The Morgan fingerprint density at radius 2 is 1.63 bits per heavy atom. The number of carboxylic acid groups (broad SMARTS) is 1. The lowest BCUT2D eigenvalue weighted by atomic mass is 9.78. The van der Waals surface area contributed by atoms with Gasteiger partial charge in [-0.25, -0.2) is 9.59 Å². The van der Waals surface area contributed by atoms with E-state index in [0.717, 1.165) is 25.9 Å². The second-order valence-corrected chi connectivity index (χ2v) is 11.3. The smallest absolute Gasteiger partial charge is 0.408 e. The van der Waals surface area contributed by atoms with Gasteiger partial charge in [-0.15, -0.1) is 0 Å². The minimum absolute atomic E-state index is 0.0185. The maximum absolute atomic E-state index is 13.4. The molecule has 3 fully saturated rings. The molecule has 1 aromatic carbocycles. The molecule has 3 saturated heterocycles. The van der Waals surface area contributed by atoms with Crippen LogP contribution in [0.5, 0.6) is 5.75 Å². The van der Waals surface area contributed by atoms with Crippen LogP contribution in [0, 0.1) is 11.8 Å². The van der Waals surface area contributed by atoms with Crippen LogP contribution in [0.15, 0.2) is 24.3 Å². The molecule has 5 atom stereocenters. The highest BCUT2D eigenvalue weighted by Gasteiger charge is 2.57. The summed E-state index contributed by atoms with van der Waals surface area (Å²) in [7, 11) is 2.02. The van der Waals surface area contributed by atoms with Crippen molar-refractivity contribution in [3.05, 3.63) is 29.8 Å². The fourth-order valence-electron chi connectivity index (χ4n) is 5.29. The van der Waals surface area contributed by atoms with Crippen molar-refractivity contribution in [3.63, 3.8) is 0 Å². The first-order chi connectivity index (χ1) is 17.9. The first kappa shape index (κ1) is 27.8. The van der Waals surface area contributed by atoms with Crippen molar-refractivity contribution in [1.82, 2.24) is 15.1 Å². The first-order valence-corrected chi connectivity index (χ1v) is 13.1. The van der Waals surface area contributed by atoms with Crippen LogP contribution in [0.3, 0.4) is 0 Å². The minimum Gasteiger partial charge on any atom is -0.480 e. The number of aliphatic carboxylic acids is 1. The molecule has 1 aromatic rings. The van der Waals surface area contributed by atoms with Gasteiger partial charge in [-0.3, -0.25) is 9.59 Å². The van der Waals surface area contributed by atoms with Crippen LogP contribution in [0.2, 0.25) is 0 Å². The zero-order chi connectivity index (χ0) is 27.6. The number of nitrogens with one attached hydrogen (secondary N) is 1. The zero-order valence-electron chi connectivity index (χ0n) is 22.3. The zero-order valence-corrected chi connectivity index (χ0v) is 22.3. The molecule has 38 heavy (non-hydrogen) atoms. The minimum atomic E-state index is -1.20. The van der Waals surface area contributed by atoms with Crippen molar-refractivity contribution < 1.29 is 38.5 Å². The van der Waals surface area contributed by atoms with Crippen molar-refractivity contribution in [2.24, 2.45) is 11.8 Å². The molecule has 2 bridgehead atoms. The van der Waals surface area contributed by atoms with Crippen molar-refractivity contribution in [1.29, 1.82) is 0 Å². The molecule has 5 unspecified atom stereocenters. The Bertz CT molecular complexity index is 1050. The van der Waals surface area contributed by atoms with Crippen LogP contribution in [-0.4, -0.2) is 95.9 Å². The van der Waals surface area contributed by atoms with Crippen molar-refractivity contribution in [2.45, 2.75) is 63.9 Å². The van der Waals surface area contributed by atoms with Gasteiger partial charge >= 0.3 is 18.0 Å². The topological polar surface area (TPSA) is 135 Å². The number of carboxylic acids is 1. The summed E-state index contributed by atoms with van der Waals surface area (Å²) in [5.41, 5.74) is -0.129. The highest BCUT2D eigenvalue weighted by molar-refractivity contribution is 5.88. The van der Waals surface area contributed by atoms with Gasteiger partial charge in [-0.05, 0) is 58.4 Å². The van der Waals surface area contributed by atoms with E-state index in [4.69, 9.17) is 14.2 Å². The number of piperazine rings is 1. The fraction of sp³-hybridized carbons (Fsp3) is 0.630. The SMILES string of the molecule is CN1CCN(C(=O)C2C3CCC(O3)C2C(=O)Oc2ccc(CC(NC(=O)OC(C)(C)C)C(=O)O)cc2)CC1. The van der Waals surface area contributed by atoms with Crippen LogP contribution in [0.25, 0.3) is 0 Å². The Labute approximate surface area is 222 Å². The monoisotopic (exact) mass is 531 g/mol. The first-order valence-electron chi connectivity index (χ1n) is 13.1. The largest absolute Gasteiger partial charge is 0.480 e. The molecule has 2 N–H and O–H groups in total. The number of carbonyl (C=O) groups is 4. The fourth-order valence-corrected chi connectivity index (χ4v) is 5.29. The summed E-state index contributed by atoms with van der Waals surface area (Å²) in [5, 5.41) is 11.9. The van der Waals surface area contributed by atoms with E-state index in [1.165, 1.54) is 0 Å². The third-order valence-corrected chi connectivity index (χ3v) is 7.22. The number of benzene rings is 1. The van der Waals surface area contributed by atoms with Crippen LogP contribution in [-0.2, 0) is 30.3 Å². The summed E-state index contributed by atoms with van der Waals surface area (Å²) in [6, 6.07) is 5.24. The van der Waals surface area contributed by atoms with Crippen molar-refractivity contribution >= 4 is 23.9 Å². The van der Waals surface area contributed by atoms with E-state index in [2.05, 4.69) is 10.2 Å². The van der Waals surface area contributed by atoms with Crippen LogP contribution in [0.4, 0.5) is 4.79 Å². The second-order valence-electron chi connectivity index (χ2n) is 11.3. The van der Waals surface area contributed by atoms with Gasteiger partial charge in [-0.2, -0.15) is 0 Å². The Morgan fingerprint density at radius 1 is 1.03 bits per heavy atom. The summed E-state index contributed by atoms with van der Waals surface area (Å²) in [6.45, 7) is 7.93. The number of amides is 2. The standard InChI is InChI=1S/C27H37N3O8/c1-27(2,3)38-26(35)28-18(24(32)33)15-16-5-7-17(8-6-16)36-25(34)22-20-10-9-19(37-20)21(22)23(31)30-13-11-29(4)12-14-30/h5-8,18-22H,9-15H2,1-4H3,(H,28,35)(H,32,33). The number of ether oxygens (including phenoxy) is 3. The van der Waals surface area contributed by atoms with Crippen LogP contribution < -0.4 is 10.1 Å². The maximum atomic E-state index is 13.4. The number of hydrogen-bond donors (Lipinski definition) is 2. The van der Waals surface area contributed by atoms with Gasteiger partial charge in [0.25, 0.3) is 0 Å². The van der Waals surface area contributed by atoms with E-state index in [0.29, 0.717) is 24.4 Å². The number of carbonyl (C=O) groups excluding carboxylic acids is 3. The number of nitrogens with zero attached hydrogens (tertiary/aromatic N) is 2. The number of alkyl carbamates (subject to hydrolysis) is 1. The number of fused-ring (bicyclic) bond motifs is 2. The van der Waals surface area contributed by atoms with E-state index < -0.39 is 41.5 Å². The number of hydrogen-bond acceptors (Lipinski definition) is 8. The van der Waals surface area contributed by atoms with E-state index in [1.807, 2.05) is 11.9 Å². The molecule has 11 heteroatoms. The Kier molecular flexibility index (Phi) is 8.27. The number of likely N-dealkylation sites (N-methyl/N-ethyl adjacent to an activating group) is 1. The van der Waals surface area contributed by atoms with Gasteiger partial charge in [0.15, 0.2) is 0 Å². The van der Waals surface area contributed by atoms with Gasteiger partial charge in [0, 0.05) is 32.6 Å². The highest BCUT2D eigenvalue weighted by atomic mass is 16.6. The summed E-state index contributed by atoms with van der Waals surface area (Å²) in [5.74, 6) is -2.64. The summed E-state index contributed by atoms with van der Waals surface area (Å²) >= 11 is 0. The van der Waals surface area contributed by atoms with Gasteiger partial charge in [0.05, 0.1) is 24.0 Å². The van der Waals surface area contributed by atoms with Gasteiger partial charge in [-0.1, -0.05) is 12.1 Å². The van der Waals surface area contributed by atoms with E-state index in [9.17, 15) is 24.3 Å². The lowest BCUT2D eigenvalue weighted by molar-refractivity contribution is -0.149. The average Bonchev–Trinajstić information content (AvgIpc) is 3.45. The molecule has 0 radical (unpaired) electrons. The van der Waals surface area contributed by atoms with Gasteiger partial charge in [0.1, 0.15) is 17.4 Å². The highest BCUT2D eigenvalue weighted by Crippen LogP contribution is 2.45. The van der Waals surface area contributed by atoms with Crippen molar-refractivity contribution in [2.75, 3.05) is 33.2 Å². The lowest BCUT2D eigenvalue weighted by Gasteiger charge is -2.36. The Balaban J connectivity index is 1.37. The maximum Gasteiger partial charge on any atom is 0.408 e. The summed E-state index contributed by atoms with van der Waals surface area (Å²) in [4.78, 5) is 54.2. The van der Waals surface area contributed by atoms with Crippen LogP contribution in [0.1, 0.15) is 39.2 Å². The van der Waals surface area contributed by atoms with E-state index in [1.54, 1.807) is 45.0 Å². The average molecular weight is 532 g/mol. The molecular weight excluding hydrogens is 494 g/mol. The molecule has 11 nitrogen and oxygen atoms in total. The third-order valence-electron chi connectivity index (χ3n) is 7.22. The van der Waals surface area contributed by atoms with E-state index >= 15 is 0 Å². The molecule has 0 aromatic heterocycles. The quantitative estimate of drug-likeness (QED) is 0.398. The summed E-state index contributed by atoms with van der Waals surface area (Å²) in [6.07, 6.45) is 0.0852. The predicted molar refractivity (Wildman–Crippen MR) is 136 cm³/mol. The van der Waals surface area contributed by atoms with Crippen LogP contribution >= 0.6 is 0 Å². The molecule has 208 valence electrons. The molecule has 3 aliphatic heterocycles. The molecule has 3 heterocycles. The Morgan fingerprint density at radius 3 is 2.21 bits per heavy atom. The molecule has 0 spiro atoms. The Hall–Kier alpha value is -3.18. The van der Waals surface area contributed by atoms with Crippen molar-refractivity contribution in [3.8, 4) is 5.75 Å².